The molecule has 0 amide bonds. The molecule has 0 spiro atoms. The number of aryl methyl sites for hydroxylation is 1. The number of unbranched alkanes of at least 4 members (excludes halogenated alkanes) is 2. The molecule has 1 N–H and O–H groups in total. The predicted octanol–water partition coefficient (Wildman–Crippen LogP) is 3.97. The minimum Gasteiger partial charge on any atom is -0.286 e. The first kappa shape index (κ1) is 17.2. The van der Waals surface area contributed by atoms with E-state index in [-0.39, 0.29) is 11.2 Å². The van der Waals surface area contributed by atoms with Crippen molar-refractivity contribution < 1.29 is 13.0 Å². The first-order valence-corrected chi connectivity index (χ1v) is 8.90. The molecule has 0 unspecified atom stereocenters. The Hall–Kier alpha value is -0.870. The standard InChI is InChI=1S/C16H26O3S/c1-4-16(2,3)15-11-8-10-14(13-15)9-6-5-7-12-20(17,18)19/h8,10-11,13H,4-7,9,12H2,1-3H3,(H,17,18,19). The van der Waals surface area contributed by atoms with Crippen LogP contribution in [0.25, 0.3) is 0 Å². The summed E-state index contributed by atoms with van der Waals surface area (Å²) >= 11 is 0. The summed E-state index contributed by atoms with van der Waals surface area (Å²) in [6.45, 7) is 6.69. The normalized spacial score (nSPS) is 12.6. The number of benzene rings is 1. The van der Waals surface area contributed by atoms with Gasteiger partial charge in [-0.15, -0.1) is 0 Å². The Morgan fingerprint density at radius 3 is 2.45 bits per heavy atom. The van der Waals surface area contributed by atoms with E-state index in [1.54, 1.807) is 0 Å². The minimum absolute atomic E-state index is 0.129. The Morgan fingerprint density at radius 2 is 1.85 bits per heavy atom. The molecule has 0 aliphatic carbocycles. The summed E-state index contributed by atoms with van der Waals surface area (Å²) in [5.74, 6) is -0.129. The van der Waals surface area contributed by atoms with Gasteiger partial charge in [0, 0.05) is 0 Å². The molecular formula is C16H26O3S. The second-order valence-corrected chi connectivity index (χ2v) is 7.61. The Labute approximate surface area is 123 Å². The third-order valence-electron chi connectivity index (χ3n) is 3.96. The van der Waals surface area contributed by atoms with Crippen molar-refractivity contribution in [1.29, 1.82) is 0 Å². The average molecular weight is 298 g/mol. The van der Waals surface area contributed by atoms with E-state index in [0.29, 0.717) is 6.42 Å². The first-order valence-electron chi connectivity index (χ1n) is 7.29. The molecule has 0 aliphatic heterocycles. The first-order chi connectivity index (χ1) is 9.24. The molecule has 0 saturated heterocycles. The average Bonchev–Trinajstić information content (AvgIpc) is 2.37. The summed E-state index contributed by atoms with van der Waals surface area (Å²) in [6, 6.07) is 8.65. The Bertz CT molecular complexity index is 518. The maximum Gasteiger partial charge on any atom is 0.264 e. The van der Waals surface area contributed by atoms with Gasteiger partial charge in [0.25, 0.3) is 10.1 Å². The molecule has 3 nitrogen and oxygen atoms in total. The van der Waals surface area contributed by atoms with Crippen molar-refractivity contribution in [2.45, 2.75) is 58.3 Å². The highest BCUT2D eigenvalue weighted by Gasteiger charge is 2.17. The largest absolute Gasteiger partial charge is 0.286 e. The molecule has 0 aliphatic rings. The van der Waals surface area contributed by atoms with Crippen LogP contribution in [0.1, 0.15) is 57.6 Å². The lowest BCUT2D eigenvalue weighted by Gasteiger charge is -2.23. The third kappa shape index (κ3) is 6.06. The lowest BCUT2D eigenvalue weighted by molar-refractivity contribution is 0.479. The van der Waals surface area contributed by atoms with Crippen LogP contribution in [0.5, 0.6) is 0 Å². The summed E-state index contributed by atoms with van der Waals surface area (Å²) in [6.07, 6.45) is 4.36. The van der Waals surface area contributed by atoms with Crippen LogP contribution in [0.4, 0.5) is 0 Å². The molecule has 114 valence electrons. The van der Waals surface area contributed by atoms with Crippen molar-refractivity contribution in [3.63, 3.8) is 0 Å². The van der Waals surface area contributed by atoms with E-state index in [9.17, 15) is 8.42 Å². The molecule has 1 rings (SSSR count). The van der Waals surface area contributed by atoms with Gasteiger partial charge in [0.15, 0.2) is 0 Å². The maximum absolute atomic E-state index is 10.6. The van der Waals surface area contributed by atoms with Gasteiger partial charge in [-0.05, 0) is 42.2 Å². The smallest absolute Gasteiger partial charge is 0.264 e. The molecule has 0 aromatic heterocycles. The maximum atomic E-state index is 10.6. The SMILES string of the molecule is CCC(C)(C)c1cccc(CCCCCS(=O)(=O)O)c1. The van der Waals surface area contributed by atoms with E-state index in [4.69, 9.17) is 4.55 Å². The van der Waals surface area contributed by atoms with Crippen LogP contribution in [0, 0.1) is 0 Å². The molecule has 0 atom stereocenters. The quantitative estimate of drug-likeness (QED) is 0.583. The fourth-order valence-electron chi connectivity index (χ4n) is 2.14. The minimum atomic E-state index is -3.80. The zero-order valence-electron chi connectivity index (χ0n) is 12.7. The predicted molar refractivity (Wildman–Crippen MR) is 83.7 cm³/mol. The third-order valence-corrected chi connectivity index (χ3v) is 4.76. The molecule has 0 fully saturated rings. The summed E-state index contributed by atoms with van der Waals surface area (Å²) in [7, 11) is -3.80. The Kier molecular flexibility index (Phi) is 6.21. The highest BCUT2D eigenvalue weighted by atomic mass is 32.2. The molecule has 20 heavy (non-hydrogen) atoms. The van der Waals surface area contributed by atoms with Crippen LogP contribution in [0.15, 0.2) is 24.3 Å². The van der Waals surface area contributed by atoms with Crippen molar-refractivity contribution in [3.05, 3.63) is 35.4 Å². The number of rotatable bonds is 8. The van der Waals surface area contributed by atoms with Gasteiger partial charge in [0.1, 0.15) is 0 Å². The molecule has 1 aromatic rings. The zero-order valence-corrected chi connectivity index (χ0v) is 13.5. The molecule has 4 heteroatoms. The topological polar surface area (TPSA) is 54.4 Å². The summed E-state index contributed by atoms with van der Waals surface area (Å²) in [5.41, 5.74) is 2.85. The number of hydrogen-bond acceptors (Lipinski definition) is 2. The van der Waals surface area contributed by atoms with Crippen molar-refractivity contribution in [1.82, 2.24) is 0 Å². The lowest BCUT2D eigenvalue weighted by atomic mass is 9.81. The van der Waals surface area contributed by atoms with E-state index in [1.165, 1.54) is 11.1 Å². The highest BCUT2D eigenvalue weighted by Crippen LogP contribution is 2.27. The molecule has 0 radical (unpaired) electrons. The second-order valence-electron chi connectivity index (χ2n) is 6.03. The fraction of sp³-hybridized carbons (Fsp3) is 0.625. The van der Waals surface area contributed by atoms with Gasteiger partial charge in [-0.1, -0.05) is 51.5 Å². The molecule has 1 aromatic carbocycles. The van der Waals surface area contributed by atoms with Crippen LogP contribution in [-0.2, 0) is 22.0 Å². The van der Waals surface area contributed by atoms with Crippen molar-refractivity contribution in [3.8, 4) is 0 Å². The summed E-state index contributed by atoms with van der Waals surface area (Å²) in [5, 5.41) is 0. The molecule has 0 heterocycles. The van der Waals surface area contributed by atoms with Crippen LogP contribution >= 0.6 is 0 Å². The van der Waals surface area contributed by atoms with Crippen LogP contribution < -0.4 is 0 Å². The molecule has 0 saturated carbocycles. The van der Waals surface area contributed by atoms with Gasteiger partial charge < -0.3 is 0 Å². The zero-order chi connectivity index (χ0) is 15.2. The molecule has 0 bridgehead atoms. The second kappa shape index (κ2) is 7.23. The lowest BCUT2D eigenvalue weighted by Crippen LogP contribution is -2.15. The van der Waals surface area contributed by atoms with Gasteiger partial charge in [-0.2, -0.15) is 8.42 Å². The van der Waals surface area contributed by atoms with Gasteiger partial charge in [-0.25, -0.2) is 0 Å². The van der Waals surface area contributed by atoms with Crippen molar-refractivity contribution in [2.24, 2.45) is 0 Å². The fourth-order valence-corrected chi connectivity index (χ4v) is 2.71. The van der Waals surface area contributed by atoms with Crippen LogP contribution in [-0.4, -0.2) is 18.7 Å². The van der Waals surface area contributed by atoms with E-state index in [2.05, 4.69) is 45.0 Å². The van der Waals surface area contributed by atoms with Gasteiger partial charge >= 0.3 is 0 Å². The van der Waals surface area contributed by atoms with Crippen molar-refractivity contribution >= 4 is 10.1 Å². The molecular weight excluding hydrogens is 272 g/mol. The number of hydrogen-bond donors (Lipinski definition) is 1. The highest BCUT2D eigenvalue weighted by molar-refractivity contribution is 7.85. The van der Waals surface area contributed by atoms with E-state index < -0.39 is 10.1 Å². The van der Waals surface area contributed by atoms with Gasteiger partial charge in [0.2, 0.25) is 0 Å². The van der Waals surface area contributed by atoms with Crippen molar-refractivity contribution in [2.75, 3.05) is 5.75 Å². The van der Waals surface area contributed by atoms with Gasteiger partial charge in [0.05, 0.1) is 5.75 Å². The van der Waals surface area contributed by atoms with E-state index in [0.717, 1.165) is 25.7 Å². The van der Waals surface area contributed by atoms with Crippen LogP contribution in [0.2, 0.25) is 0 Å². The summed E-state index contributed by atoms with van der Waals surface area (Å²) in [4.78, 5) is 0. The monoisotopic (exact) mass is 298 g/mol. The Balaban J connectivity index is 2.47. The summed E-state index contributed by atoms with van der Waals surface area (Å²) < 4.78 is 29.9. The van der Waals surface area contributed by atoms with Gasteiger partial charge in [-0.3, -0.25) is 4.55 Å². The van der Waals surface area contributed by atoms with Crippen LogP contribution in [0.3, 0.4) is 0 Å². The van der Waals surface area contributed by atoms with E-state index >= 15 is 0 Å². The van der Waals surface area contributed by atoms with E-state index in [1.807, 2.05) is 0 Å². The Morgan fingerprint density at radius 1 is 1.15 bits per heavy atom.